The molecule has 22 heavy (non-hydrogen) atoms. The summed E-state index contributed by atoms with van der Waals surface area (Å²) >= 11 is 5.97. The lowest BCUT2D eigenvalue weighted by molar-refractivity contribution is -0.384. The lowest BCUT2D eigenvalue weighted by Gasteiger charge is -2.32. The largest absolute Gasteiger partial charge is 0.377 e. The summed E-state index contributed by atoms with van der Waals surface area (Å²) in [5.41, 5.74) is 0.244. The molecule has 120 valence electrons. The number of piperidine rings is 1. The number of hydrogen-bond acceptors (Lipinski definition) is 4. The molecule has 2 rings (SSSR count). The predicted octanol–water partition coefficient (Wildman–Crippen LogP) is 3.28. The van der Waals surface area contributed by atoms with Gasteiger partial charge in [-0.2, -0.15) is 0 Å². The Labute approximate surface area is 133 Å². The predicted molar refractivity (Wildman–Crippen MR) is 83.3 cm³/mol. The number of ether oxygens (including phenoxy) is 1. The van der Waals surface area contributed by atoms with Gasteiger partial charge >= 0.3 is 6.03 Å². The van der Waals surface area contributed by atoms with Crippen molar-refractivity contribution >= 4 is 29.0 Å². The molecule has 0 aromatic heterocycles. The Morgan fingerprint density at radius 2 is 2.36 bits per heavy atom. The molecule has 1 unspecified atom stereocenters. The Kier molecular flexibility index (Phi) is 5.57. The van der Waals surface area contributed by atoms with E-state index >= 15 is 0 Å². The molecule has 1 aliphatic heterocycles. The zero-order valence-corrected chi connectivity index (χ0v) is 13.0. The SMILES string of the molecule is CCOC1CCCN(C(=O)Nc2ccc([N+](=O)[O-])cc2Cl)C1. The van der Waals surface area contributed by atoms with Crippen LogP contribution in [0.5, 0.6) is 0 Å². The monoisotopic (exact) mass is 327 g/mol. The van der Waals surface area contributed by atoms with Crippen LogP contribution in [0.15, 0.2) is 18.2 Å². The van der Waals surface area contributed by atoms with Crippen LogP contribution >= 0.6 is 11.6 Å². The molecule has 1 aliphatic rings. The molecule has 1 N–H and O–H groups in total. The van der Waals surface area contributed by atoms with Crippen LogP contribution in [0.3, 0.4) is 0 Å². The number of anilines is 1. The van der Waals surface area contributed by atoms with Crippen molar-refractivity contribution in [2.45, 2.75) is 25.9 Å². The third-order valence-electron chi connectivity index (χ3n) is 3.47. The maximum absolute atomic E-state index is 12.3. The number of halogens is 1. The summed E-state index contributed by atoms with van der Waals surface area (Å²) in [6.45, 7) is 3.73. The minimum absolute atomic E-state index is 0.0526. The van der Waals surface area contributed by atoms with Gasteiger partial charge in [0.15, 0.2) is 0 Å². The summed E-state index contributed by atoms with van der Waals surface area (Å²) in [6, 6.07) is 3.68. The van der Waals surface area contributed by atoms with Crippen molar-refractivity contribution in [1.29, 1.82) is 0 Å². The van der Waals surface area contributed by atoms with Crippen molar-refractivity contribution in [3.8, 4) is 0 Å². The lowest BCUT2D eigenvalue weighted by atomic mass is 10.1. The maximum atomic E-state index is 12.3. The number of nitrogens with one attached hydrogen (secondary N) is 1. The van der Waals surface area contributed by atoms with Crippen molar-refractivity contribution < 1.29 is 14.5 Å². The number of benzene rings is 1. The van der Waals surface area contributed by atoms with E-state index in [-0.39, 0.29) is 22.8 Å². The Morgan fingerprint density at radius 3 is 3.00 bits per heavy atom. The molecule has 0 aliphatic carbocycles. The number of hydrogen-bond donors (Lipinski definition) is 1. The van der Waals surface area contributed by atoms with Crippen molar-refractivity contribution in [3.63, 3.8) is 0 Å². The van der Waals surface area contributed by atoms with Crippen molar-refractivity contribution in [2.75, 3.05) is 25.0 Å². The molecule has 0 radical (unpaired) electrons. The number of nitrogens with zero attached hydrogens (tertiary/aromatic N) is 2. The van der Waals surface area contributed by atoms with Gasteiger partial charge in [-0.25, -0.2) is 4.79 Å². The van der Waals surface area contributed by atoms with Gasteiger partial charge in [-0.3, -0.25) is 10.1 Å². The molecule has 1 saturated heterocycles. The quantitative estimate of drug-likeness (QED) is 0.679. The topological polar surface area (TPSA) is 84.7 Å². The van der Waals surface area contributed by atoms with Gasteiger partial charge in [0.05, 0.1) is 21.7 Å². The highest BCUT2D eigenvalue weighted by molar-refractivity contribution is 6.33. The zero-order chi connectivity index (χ0) is 16.1. The summed E-state index contributed by atoms with van der Waals surface area (Å²) in [7, 11) is 0. The first kappa shape index (κ1) is 16.5. The van der Waals surface area contributed by atoms with E-state index < -0.39 is 4.92 Å². The molecule has 1 aromatic rings. The van der Waals surface area contributed by atoms with Gasteiger partial charge in [0.2, 0.25) is 0 Å². The van der Waals surface area contributed by atoms with Gasteiger partial charge in [-0.15, -0.1) is 0 Å². The van der Waals surface area contributed by atoms with E-state index in [1.165, 1.54) is 18.2 Å². The van der Waals surface area contributed by atoms with Crippen LogP contribution in [0.4, 0.5) is 16.2 Å². The van der Waals surface area contributed by atoms with Gasteiger partial charge in [0.25, 0.3) is 5.69 Å². The molecular formula is C14H18ClN3O4. The van der Waals surface area contributed by atoms with Crippen LogP contribution in [0.25, 0.3) is 0 Å². The van der Waals surface area contributed by atoms with E-state index in [4.69, 9.17) is 16.3 Å². The number of likely N-dealkylation sites (tertiary alicyclic amines) is 1. The van der Waals surface area contributed by atoms with Gasteiger partial charge < -0.3 is 15.0 Å². The highest BCUT2D eigenvalue weighted by atomic mass is 35.5. The molecule has 1 fully saturated rings. The normalized spacial score (nSPS) is 18.1. The summed E-state index contributed by atoms with van der Waals surface area (Å²) in [5.74, 6) is 0. The summed E-state index contributed by atoms with van der Waals surface area (Å²) in [4.78, 5) is 24.1. The van der Waals surface area contributed by atoms with Crippen molar-refractivity contribution in [1.82, 2.24) is 4.90 Å². The van der Waals surface area contributed by atoms with Crippen LogP contribution in [0.1, 0.15) is 19.8 Å². The van der Waals surface area contributed by atoms with E-state index in [0.717, 1.165) is 12.8 Å². The number of nitro groups is 1. The maximum Gasteiger partial charge on any atom is 0.321 e. The fraction of sp³-hybridized carbons (Fsp3) is 0.500. The summed E-state index contributed by atoms with van der Waals surface area (Å²) in [5, 5.41) is 13.5. The van der Waals surface area contributed by atoms with Gasteiger partial charge in [-0.05, 0) is 25.8 Å². The molecular weight excluding hydrogens is 310 g/mol. The van der Waals surface area contributed by atoms with Gasteiger partial charge in [0, 0.05) is 31.8 Å². The first-order chi connectivity index (χ1) is 10.5. The average Bonchev–Trinajstić information content (AvgIpc) is 2.49. The van der Waals surface area contributed by atoms with Gasteiger partial charge in [-0.1, -0.05) is 11.6 Å². The Balaban J connectivity index is 2.01. The molecule has 1 heterocycles. The molecule has 1 atom stereocenters. The van der Waals surface area contributed by atoms with Crippen LogP contribution in [-0.2, 0) is 4.74 Å². The molecule has 7 nitrogen and oxygen atoms in total. The van der Waals surface area contributed by atoms with E-state index in [1.807, 2.05) is 6.92 Å². The van der Waals surface area contributed by atoms with E-state index in [1.54, 1.807) is 4.90 Å². The molecule has 1 aromatic carbocycles. The number of rotatable bonds is 4. The molecule has 0 bridgehead atoms. The average molecular weight is 328 g/mol. The first-order valence-corrected chi connectivity index (χ1v) is 7.50. The molecule has 0 saturated carbocycles. The molecule has 8 heteroatoms. The Hall–Kier alpha value is -1.86. The fourth-order valence-electron chi connectivity index (χ4n) is 2.41. The van der Waals surface area contributed by atoms with E-state index in [9.17, 15) is 14.9 Å². The number of nitro benzene ring substituents is 1. The second-order valence-corrected chi connectivity index (χ2v) is 5.42. The molecule has 2 amide bonds. The summed E-state index contributed by atoms with van der Waals surface area (Å²) < 4.78 is 5.56. The number of carbonyl (C=O) groups is 1. The van der Waals surface area contributed by atoms with Crippen LogP contribution in [0, 0.1) is 10.1 Å². The minimum atomic E-state index is -0.533. The second kappa shape index (κ2) is 7.42. The number of carbonyl (C=O) groups excluding carboxylic acids is 1. The zero-order valence-electron chi connectivity index (χ0n) is 12.3. The Morgan fingerprint density at radius 1 is 1.59 bits per heavy atom. The third kappa shape index (κ3) is 4.08. The van der Waals surface area contributed by atoms with Crippen molar-refractivity contribution in [2.24, 2.45) is 0 Å². The number of amides is 2. The van der Waals surface area contributed by atoms with Crippen molar-refractivity contribution in [3.05, 3.63) is 33.3 Å². The fourth-order valence-corrected chi connectivity index (χ4v) is 2.63. The van der Waals surface area contributed by atoms with Crippen LogP contribution < -0.4 is 5.32 Å². The highest BCUT2D eigenvalue weighted by Crippen LogP contribution is 2.27. The van der Waals surface area contributed by atoms with Crippen LogP contribution in [-0.4, -0.2) is 41.7 Å². The first-order valence-electron chi connectivity index (χ1n) is 7.12. The number of urea groups is 1. The van der Waals surface area contributed by atoms with Crippen LogP contribution in [0.2, 0.25) is 5.02 Å². The highest BCUT2D eigenvalue weighted by Gasteiger charge is 2.24. The standard InChI is InChI=1S/C14H18ClN3O4/c1-2-22-11-4-3-7-17(9-11)14(19)16-13-6-5-10(18(20)21)8-12(13)15/h5-6,8,11H,2-4,7,9H2,1H3,(H,16,19). The third-order valence-corrected chi connectivity index (χ3v) is 3.79. The summed E-state index contributed by atoms with van der Waals surface area (Å²) in [6.07, 6.45) is 1.87. The smallest absolute Gasteiger partial charge is 0.321 e. The van der Waals surface area contributed by atoms with E-state index in [2.05, 4.69) is 5.32 Å². The second-order valence-electron chi connectivity index (χ2n) is 5.02. The number of non-ortho nitro benzene ring substituents is 1. The Bertz CT molecular complexity index is 565. The lowest BCUT2D eigenvalue weighted by Crippen LogP contribution is -2.45. The minimum Gasteiger partial charge on any atom is -0.377 e. The molecule has 0 spiro atoms. The van der Waals surface area contributed by atoms with Gasteiger partial charge in [0.1, 0.15) is 0 Å². The van der Waals surface area contributed by atoms with E-state index in [0.29, 0.717) is 25.4 Å².